The van der Waals surface area contributed by atoms with Gasteiger partial charge in [-0.1, -0.05) is 127 Å². The summed E-state index contributed by atoms with van der Waals surface area (Å²) in [6.07, 6.45) is 7.69. The molecule has 7 rings (SSSR count). The Morgan fingerprint density at radius 2 is 1.00 bits per heavy atom. The molecule has 6 aromatic rings. The molecule has 0 aliphatic carbocycles. The lowest BCUT2D eigenvalue weighted by Gasteiger charge is -2.23. The largest absolute Gasteiger partial charge is 0.353 e. The molecule has 3 amide bonds. The van der Waals surface area contributed by atoms with Crippen molar-refractivity contribution in [2.75, 3.05) is 13.1 Å². The highest BCUT2D eigenvalue weighted by atomic mass is 16.2. The maximum Gasteiger partial charge on any atom is 0.262 e. The minimum Gasteiger partial charge on any atom is -0.353 e. The van der Waals surface area contributed by atoms with E-state index >= 15 is 0 Å². The number of rotatable bonds is 11. The first-order valence-electron chi connectivity index (χ1n) is 16.8. The zero-order valence-electron chi connectivity index (χ0n) is 27.5. The molecule has 1 aliphatic heterocycles. The molecule has 2 heterocycles. The van der Waals surface area contributed by atoms with Crippen molar-refractivity contribution in [1.82, 2.24) is 15.2 Å². The van der Waals surface area contributed by atoms with Crippen LogP contribution in [-0.4, -0.2) is 40.7 Å². The van der Waals surface area contributed by atoms with E-state index < -0.39 is 0 Å². The van der Waals surface area contributed by atoms with Gasteiger partial charge in [-0.3, -0.25) is 24.3 Å². The average Bonchev–Trinajstić information content (AvgIpc) is 3.42. The number of unbranched alkanes of at least 4 members (excludes halogenated alkanes) is 1. The minimum absolute atomic E-state index is 0.212. The highest BCUT2D eigenvalue weighted by Gasteiger charge is 2.42. The summed E-state index contributed by atoms with van der Waals surface area (Å²) < 4.78 is 0. The summed E-state index contributed by atoms with van der Waals surface area (Å²) in [5.74, 6) is -0.820. The number of hydrogen-bond acceptors (Lipinski definition) is 4. The number of pyridine rings is 1. The number of amides is 3. The predicted octanol–water partition coefficient (Wildman–Crippen LogP) is 8.96. The van der Waals surface area contributed by atoms with Crippen LogP contribution in [0, 0.1) is 0 Å². The van der Waals surface area contributed by atoms with E-state index in [9.17, 15) is 14.4 Å². The lowest BCUT2D eigenvalue weighted by molar-refractivity contribution is -0.116. The molecular formula is C44H35N3O3. The van der Waals surface area contributed by atoms with Gasteiger partial charge in [-0.25, -0.2) is 0 Å². The number of aromatic nitrogens is 1. The van der Waals surface area contributed by atoms with Crippen LogP contribution in [0.5, 0.6) is 0 Å². The van der Waals surface area contributed by atoms with Gasteiger partial charge in [0.1, 0.15) is 0 Å². The highest BCUT2D eigenvalue weighted by Crippen LogP contribution is 2.51. The van der Waals surface area contributed by atoms with Crippen LogP contribution in [0.25, 0.3) is 50.6 Å². The van der Waals surface area contributed by atoms with E-state index in [1.54, 1.807) is 18.5 Å². The zero-order valence-corrected chi connectivity index (χ0v) is 27.5. The van der Waals surface area contributed by atoms with Gasteiger partial charge in [-0.15, -0.1) is 0 Å². The Labute approximate surface area is 291 Å². The van der Waals surface area contributed by atoms with Crippen molar-refractivity contribution >= 4 is 23.8 Å². The number of nitrogens with one attached hydrogen (secondary N) is 1. The first-order chi connectivity index (χ1) is 24.6. The van der Waals surface area contributed by atoms with Crippen molar-refractivity contribution in [3.63, 3.8) is 0 Å². The standard InChI is InChI=1S/C44H35N3O3/c48-36(26-25-31-16-15-27-45-30-31)46-28-13-14-29-47-43(49)41-39(34-21-9-3-10-22-34)37(32-17-5-1-6-18-32)38(33-19-7-2-8-20-33)40(42(41)44(47)50)35-23-11-4-12-24-35/h1-12,15-27,30H,13-14,28-29H2,(H,46,48). The molecule has 0 saturated heterocycles. The molecule has 1 aromatic heterocycles. The maximum absolute atomic E-state index is 14.6. The summed E-state index contributed by atoms with van der Waals surface area (Å²) in [4.78, 5) is 47.1. The van der Waals surface area contributed by atoms with Crippen molar-refractivity contribution in [2.45, 2.75) is 12.8 Å². The fourth-order valence-corrected chi connectivity index (χ4v) is 6.63. The van der Waals surface area contributed by atoms with Crippen molar-refractivity contribution in [2.24, 2.45) is 0 Å². The Hall–Kier alpha value is -6.40. The third kappa shape index (κ3) is 6.51. The van der Waals surface area contributed by atoms with Gasteiger partial charge in [0.25, 0.3) is 11.8 Å². The monoisotopic (exact) mass is 653 g/mol. The molecule has 0 bridgehead atoms. The van der Waals surface area contributed by atoms with Crippen molar-refractivity contribution < 1.29 is 14.4 Å². The lowest BCUT2D eigenvalue weighted by atomic mass is 9.78. The molecular weight excluding hydrogens is 619 g/mol. The van der Waals surface area contributed by atoms with Crippen LogP contribution in [0.1, 0.15) is 39.1 Å². The van der Waals surface area contributed by atoms with Gasteiger partial charge in [0.05, 0.1) is 11.1 Å². The SMILES string of the molecule is O=C(C=Cc1cccnc1)NCCCCN1C(=O)c2c(c(-c3ccccc3)c(-c3ccccc3)c(-c3ccccc3)c2-c2ccccc2)C1=O. The molecule has 50 heavy (non-hydrogen) atoms. The maximum atomic E-state index is 14.6. The molecule has 244 valence electrons. The molecule has 6 heteroatoms. The molecule has 0 atom stereocenters. The molecule has 6 nitrogen and oxygen atoms in total. The van der Waals surface area contributed by atoms with Crippen LogP contribution in [0.3, 0.4) is 0 Å². The molecule has 1 N–H and O–H groups in total. The second-order valence-electron chi connectivity index (χ2n) is 12.1. The minimum atomic E-state index is -0.304. The normalized spacial score (nSPS) is 12.4. The molecule has 0 radical (unpaired) electrons. The van der Waals surface area contributed by atoms with E-state index in [1.807, 2.05) is 109 Å². The zero-order chi connectivity index (χ0) is 34.3. The summed E-state index contributed by atoms with van der Waals surface area (Å²) >= 11 is 0. The number of nitrogens with zero attached hydrogens (tertiary/aromatic N) is 2. The summed E-state index contributed by atoms with van der Waals surface area (Å²) in [7, 11) is 0. The summed E-state index contributed by atoms with van der Waals surface area (Å²) in [5, 5.41) is 2.90. The van der Waals surface area contributed by atoms with Gasteiger partial charge in [0, 0.05) is 42.7 Å². The van der Waals surface area contributed by atoms with Crippen LogP contribution in [-0.2, 0) is 4.79 Å². The van der Waals surface area contributed by atoms with Crippen LogP contribution >= 0.6 is 0 Å². The number of carbonyl (C=O) groups excluding carboxylic acids is 3. The van der Waals surface area contributed by atoms with E-state index in [0.717, 1.165) is 50.1 Å². The van der Waals surface area contributed by atoms with E-state index in [1.165, 1.54) is 11.0 Å². The van der Waals surface area contributed by atoms with Gasteiger partial charge < -0.3 is 5.32 Å². The van der Waals surface area contributed by atoms with Gasteiger partial charge in [-0.2, -0.15) is 0 Å². The van der Waals surface area contributed by atoms with Gasteiger partial charge in [0.15, 0.2) is 0 Å². The number of hydrogen-bond donors (Lipinski definition) is 1. The third-order valence-electron chi connectivity index (χ3n) is 8.89. The molecule has 5 aromatic carbocycles. The van der Waals surface area contributed by atoms with Gasteiger partial charge in [-0.05, 0) is 63.9 Å². The Kier molecular flexibility index (Phi) is 9.51. The molecule has 1 aliphatic rings. The quantitative estimate of drug-likeness (QED) is 0.0860. The number of imide groups is 1. The van der Waals surface area contributed by atoms with Crippen LogP contribution in [0.15, 0.2) is 152 Å². The second-order valence-corrected chi connectivity index (χ2v) is 12.1. The fourth-order valence-electron chi connectivity index (χ4n) is 6.63. The number of carbonyl (C=O) groups is 3. The van der Waals surface area contributed by atoms with E-state index in [0.29, 0.717) is 30.5 Å². The average molecular weight is 654 g/mol. The summed E-state index contributed by atoms with van der Waals surface area (Å²) in [6.45, 7) is 0.651. The van der Waals surface area contributed by atoms with E-state index in [-0.39, 0.29) is 24.3 Å². The van der Waals surface area contributed by atoms with Gasteiger partial charge in [0.2, 0.25) is 5.91 Å². The van der Waals surface area contributed by atoms with E-state index in [2.05, 4.69) is 34.6 Å². The first kappa shape index (κ1) is 32.2. The van der Waals surface area contributed by atoms with Crippen molar-refractivity contribution in [1.29, 1.82) is 0 Å². The first-order valence-corrected chi connectivity index (χ1v) is 16.8. The predicted molar refractivity (Wildman–Crippen MR) is 199 cm³/mol. The Morgan fingerprint density at radius 3 is 1.42 bits per heavy atom. The molecule has 0 unspecified atom stereocenters. The van der Waals surface area contributed by atoms with Gasteiger partial charge >= 0.3 is 0 Å². The van der Waals surface area contributed by atoms with Crippen molar-refractivity contribution in [3.05, 3.63) is 169 Å². The van der Waals surface area contributed by atoms with Crippen LogP contribution in [0.2, 0.25) is 0 Å². The fraction of sp³-hybridized carbons (Fsp3) is 0.0909. The molecule has 0 saturated carbocycles. The third-order valence-corrected chi connectivity index (χ3v) is 8.89. The van der Waals surface area contributed by atoms with Crippen LogP contribution < -0.4 is 5.32 Å². The number of fused-ring (bicyclic) bond motifs is 1. The number of benzene rings is 5. The van der Waals surface area contributed by atoms with Crippen molar-refractivity contribution in [3.8, 4) is 44.5 Å². The molecule has 0 fully saturated rings. The topological polar surface area (TPSA) is 79.4 Å². The Bertz CT molecular complexity index is 2040. The Morgan fingerprint density at radius 1 is 0.560 bits per heavy atom. The highest BCUT2D eigenvalue weighted by molar-refractivity contribution is 6.30. The second kappa shape index (κ2) is 14.8. The lowest BCUT2D eigenvalue weighted by Crippen LogP contribution is -2.31. The Balaban J connectivity index is 1.30. The summed E-state index contributed by atoms with van der Waals surface area (Å²) in [6, 6.07) is 43.7. The van der Waals surface area contributed by atoms with Crippen LogP contribution in [0.4, 0.5) is 0 Å². The molecule has 0 spiro atoms. The van der Waals surface area contributed by atoms with E-state index in [4.69, 9.17) is 0 Å². The summed E-state index contributed by atoms with van der Waals surface area (Å²) in [5.41, 5.74) is 8.64. The smallest absolute Gasteiger partial charge is 0.262 e.